The van der Waals surface area contributed by atoms with Crippen LogP contribution in [-0.2, 0) is 5.75 Å². The van der Waals surface area contributed by atoms with Crippen molar-refractivity contribution >= 4 is 11.8 Å². The van der Waals surface area contributed by atoms with Crippen molar-refractivity contribution in [3.63, 3.8) is 0 Å². The molecule has 2 heterocycles. The molecule has 0 saturated carbocycles. The van der Waals surface area contributed by atoms with Crippen molar-refractivity contribution in [3.8, 4) is 11.5 Å². The van der Waals surface area contributed by atoms with Gasteiger partial charge in [-0.1, -0.05) is 29.5 Å². The Balaban J connectivity index is 1.69. The first-order valence-corrected chi connectivity index (χ1v) is 7.01. The number of benzene rings is 1. The van der Waals surface area contributed by atoms with Crippen LogP contribution < -0.4 is 0 Å². The zero-order valence-corrected chi connectivity index (χ0v) is 11.8. The molecular formula is C13H12N4O2S. The highest BCUT2D eigenvalue weighted by molar-refractivity contribution is 7.98. The molecule has 0 spiro atoms. The Morgan fingerprint density at radius 3 is 2.45 bits per heavy atom. The zero-order chi connectivity index (χ0) is 13.9. The fraction of sp³-hybridized carbons (Fsp3) is 0.231. The standard InChI is InChI=1S/C13H12N4O2S/c1-8-3-5-10(6-4-8)12-16-15-11(19-12)7-20-13-17-14-9(2)18-13/h3-6H,7H2,1-2H3. The molecule has 0 saturated heterocycles. The molecule has 0 aliphatic carbocycles. The minimum atomic E-state index is 0.498. The highest BCUT2D eigenvalue weighted by Crippen LogP contribution is 2.23. The van der Waals surface area contributed by atoms with Crippen LogP contribution in [0.15, 0.2) is 38.3 Å². The van der Waals surface area contributed by atoms with E-state index in [9.17, 15) is 0 Å². The van der Waals surface area contributed by atoms with Gasteiger partial charge in [-0.3, -0.25) is 0 Å². The van der Waals surface area contributed by atoms with Gasteiger partial charge in [0, 0.05) is 12.5 Å². The number of aromatic nitrogens is 4. The number of nitrogens with zero attached hydrogens (tertiary/aromatic N) is 4. The van der Waals surface area contributed by atoms with Gasteiger partial charge in [-0.25, -0.2) is 0 Å². The molecule has 0 aliphatic heterocycles. The molecule has 3 aromatic rings. The Labute approximate surface area is 119 Å². The predicted molar refractivity (Wildman–Crippen MR) is 73.1 cm³/mol. The normalized spacial score (nSPS) is 10.9. The number of rotatable bonds is 4. The van der Waals surface area contributed by atoms with Crippen molar-refractivity contribution in [3.05, 3.63) is 41.6 Å². The van der Waals surface area contributed by atoms with Gasteiger partial charge in [0.1, 0.15) is 0 Å². The summed E-state index contributed by atoms with van der Waals surface area (Å²) < 4.78 is 10.9. The second-order valence-electron chi connectivity index (χ2n) is 4.24. The van der Waals surface area contributed by atoms with E-state index in [1.165, 1.54) is 17.3 Å². The predicted octanol–water partition coefficient (Wildman–Crippen LogP) is 3.03. The third kappa shape index (κ3) is 2.88. The van der Waals surface area contributed by atoms with Gasteiger partial charge < -0.3 is 8.83 Å². The van der Waals surface area contributed by atoms with Crippen molar-refractivity contribution in [2.24, 2.45) is 0 Å². The summed E-state index contributed by atoms with van der Waals surface area (Å²) in [6.45, 7) is 3.78. The monoisotopic (exact) mass is 288 g/mol. The fourth-order valence-electron chi connectivity index (χ4n) is 1.58. The van der Waals surface area contributed by atoms with Crippen LogP contribution in [0, 0.1) is 13.8 Å². The Morgan fingerprint density at radius 2 is 1.75 bits per heavy atom. The summed E-state index contributed by atoms with van der Waals surface area (Å²) >= 11 is 1.37. The highest BCUT2D eigenvalue weighted by Gasteiger charge is 2.10. The lowest BCUT2D eigenvalue weighted by Crippen LogP contribution is -1.80. The molecule has 0 unspecified atom stereocenters. The average Bonchev–Trinajstić information content (AvgIpc) is 3.06. The van der Waals surface area contributed by atoms with E-state index in [0.29, 0.717) is 28.6 Å². The Kier molecular flexibility index (Phi) is 3.51. The second kappa shape index (κ2) is 5.46. The number of aryl methyl sites for hydroxylation is 2. The maximum absolute atomic E-state index is 5.61. The van der Waals surface area contributed by atoms with Crippen LogP contribution in [0.25, 0.3) is 11.5 Å². The van der Waals surface area contributed by atoms with Crippen molar-refractivity contribution in [2.75, 3.05) is 0 Å². The summed E-state index contributed by atoms with van der Waals surface area (Å²) in [5.74, 6) is 2.09. The summed E-state index contributed by atoms with van der Waals surface area (Å²) in [4.78, 5) is 0. The van der Waals surface area contributed by atoms with E-state index in [2.05, 4.69) is 20.4 Å². The third-order valence-corrected chi connectivity index (χ3v) is 3.40. The van der Waals surface area contributed by atoms with Crippen LogP contribution in [0.4, 0.5) is 0 Å². The van der Waals surface area contributed by atoms with Crippen LogP contribution in [-0.4, -0.2) is 20.4 Å². The van der Waals surface area contributed by atoms with Gasteiger partial charge in [-0.05, 0) is 19.1 Å². The Bertz CT molecular complexity index is 705. The fourth-order valence-corrected chi connectivity index (χ4v) is 2.23. The summed E-state index contributed by atoms with van der Waals surface area (Å²) in [6.07, 6.45) is 0. The molecule has 0 radical (unpaired) electrons. The Hall–Kier alpha value is -2.15. The Morgan fingerprint density at radius 1 is 0.950 bits per heavy atom. The average molecular weight is 288 g/mol. The minimum absolute atomic E-state index is 0.498. The highest BCUT2D eigenvalue weighted by atomic mass is 32.2. The van der Waals surface area contributed by atoms with E-state index in [0.717, 1.165) is 5.56 Å². The molecule has 2 aromatic heterocycles. The van der Waals surface area contributed by atoms with Crippen molar-refractivity contribution < 1.29 is 8.83 Å². The van der Waals surface area contributed by atoms with Crippen molar-refractivity contribution in [1.82, 2.24) is 20.4 Å². The van der Waals surface area contributed by atoms with Crippen LogP contribution >= 0.6 is 11.8 Å². The van der Waals surface area contributed by atoms with Gasteiger partial charge in [-0.15, -0.1) is 20.4 Å². The van der Waals surface area contributed by atoms with Crippen molar-refractivity contribution in [1.29, 1.82) is 0 Å². The molecule has 1 aromatic carbocycles. The largest absolute Gasteiger partial charge is 0.420 e. The molecule has 6 nitrogen and oxygen atoms in total. The minimum Gasteiger partial charge on any atom is -0.420 e. The SMILES string of the molecule is Cc1ccc(-c2nnc(CSc3nnc(C)o3)o2)cc1. The molecule has 0 amide bonds. The molecule has 0 aliphatic rings. The molecule has 102 valence electrons. The first-order valence-electron chi connectivity index (χ1n) is 6.03. The molecule has 7 heteroatoms. The first kappa shape index (κ1) is 12.9. The van der Waals surface area contributed by atoms with E-state index in [1.54, 1.807) is 6.92 Å². The molecule has 0 bridgehead atoms. The van der Waals surface area contributed by atoms with Crippen molar-refractivity contribution in [2.45, 2.75) is 24.8 Å². The molecule has 3 rings (SSSR count). The maximum atomic E-state index is 5.61. The topological polar surface area (TPSA) is 77.8 Å². The van der Waals surface area contributed by atoms with Crippen LogP contribution in [0.5, 0.6) is 0 Å². The summed E-state index contributed by atoms with van der Waals surface area (Å²) in [7, 11) is 0. The smallest absolute Gasteiger partial charge is 0.277 e. The van der Waals surface area contributed by atoms with Gasteiger partial charge in [0.25, 0.3) is 5.22 Å². The molecule has 0 atom stereocenters. The molecular weight excluding hydrogens is 276 g/mol. The van der Waals surface area contributed by atoms with Crippen LogP contribution in [0.2, 0.25) is 0 Å². The second-order valence-corrected chi connectivity index (χ2v) is 5.17. The number of hydrogen-bond acceptors (Lipinski definition) is 7. The molecule has 0 N–H and O–H groups in total. The lowest BCUT2D eigenvalue weighted by atomic mass is 10.1. The lowest BCUT2D eigenvalue weighted by Gasteiger charge is -1.95. The zero-order valence-electron chi connectivity index (χ0n) is 11.0. The maximum Gasteiger partial charge on any atom is 0.277 e. The summed E-state index contributed by atoms with van der Waals surface area (Å²) in [5, 5.41) is 16.2. The third-order valence-electron chi connectivity index (χ3n) is 2.59. The van der Waals surface area contributed by atoms with E-state index >= 15 is 0 Å². The van der Waals surface area contributed by atoms with E-state index < -0.39 is 0 Å². The lowest BCUT2D eigenvalue weighted by molar-refractivity contribution is 0.428. The summed E-state index contributed by atoms with van der Waals surface area (Å²) in [5.41, 5.74) is 2.10. The first-order chi connectivity index (χ1) is 9.70. The molecule has 0 fully saturated rings. The quantitative estimate of drug-likeness (QED) is 0.683. The van der Waals surface area contributed by atoms with E-state index in [-0.39, 0.29) is 0 Å². The van der Waals surface area contributed by atoms with Crippen LogP contribution in [0.3, 0.4) is 0 Å². The van der Waals surface area contributed by atoms with Gasteiger partial charge in [0.2, 0.25) is 17.7 Å². The van der Waals surface area contributed by atoms with Gasteiger partial charge in [0.15, 0.2) is 0 Å². The van der Waals surface area contributed by atoms with Gasteiger partial charge in [-0.2, -0.15) is 0 Å². The van der Waals surface area contributed by atoms with E-state index in [1.807, 2.05) is 31.2 Å². The van der Waals surface area contributed by atoms with Gasteiger partial charge >= 0.3 is 0 Å². The van der Waals surface area contributed by atoms with Crippen LogP contribution in [0.1, 0.15) is 17.3 Å². The summed E-state index contributed by atoms with van der Waals surface area (Å²) in [6, 6.07) is 7.94. The van der Waals surface area contributed by atoms with E-state index in [4.69, 9.17) is 8.83 Å². The number of hydrogen-bond donors (Lipinski definition) is 0. The molecule has 20 heavy (non-hydrogen) atoms. The van der Waals surface area contributed by atoms with Gasteiger partial charge in [0.05, 0.1) is 5.75 Å². The number of thioether (sulfide) groups is 1.